The number of nitrogens with zero attached hydrogens (tertiary/aromatic N) is 5. The Hall–Kier alpha value is -3.71. The Morgan fingerprint density at radius 1 is 0.559 bits per heavy atom. The van der Waals surface area contributed by atoms with Gasteiger partial charge in [-0.2, -0.15) is 0 Å². The maximum Gasteiger partial charge on any atom is 0.407 e. The SMILES string of the molecule is CCOC(=O)CN(CC(=O)OCC)Cc1cc(Br)cc(CN(CCCCCCNC(=O)OC(C)(C)C)Cc2cc(Br)cc(CN(CC(=O)OCC)CC(=O)OCC)n2)n1. The number of rotatable bonds is 27. The molecule has 2 heterocycles. The third-order valence-corrected chi connectivity index (χ3v) is 8.95. The number of nitrogens with one attached hydrogen (secondary N) is 1. The number of hydrogen-bond acceptors (Lipinski definition) is 15. The van der Waals surface area contributed by atoms with Gasteiger partial charge in [0.05, 0.1) is 75.4 Å². The number of carbonyl (C=O) groups is 5. The summed E-state index contributed by atoms with van der Waals surface area (Å²) >= 11 is 7.26. The van der Waals surface area contributed by atoms with Crippen molar-refractivity contribution < 1.29 is 47.7 Å². The summed E-state index contributed by atoms with van der Waals surface area (Å²) in [4.78, 5) is 77.1. The fourth-order valence-corrected chi connectivity index (χ4v) is 6.94. The van der Waals surface area contributed by atoms with Gasteiger partial charge in [-0.25, -0.2) is 4.79 Å². The van der Waals surface area contributed by atoms with Crippen LogP contribution in [0.15, 0.2) is 33.2 Å². The summed E-state index contributed by atoms with van der Waals surface area (Å²) in [6.45, 7) is 15.3. The number of halogens is 2. The molecule has 0 aliphatic carbocycles. The molecule has 0 spiro atoms. The van der Waals surface area contributed by atoms with E-state index in [0.29, 0.717) is 37.6 Å². The zero-order chi connectivity index (χ0) is 43.8. The number of pyridine rings is 2. The molecule has 0 radical (unpaired) electrons. The van der Waals surface area contributed by atoms with E-state index in [9.17, 15) is 24.0 Å². The fraction of sp³-hybridized carbons (Fsp3) is 0.634. The van der Waals surface area contributed by atoms with E-state index in [1.165, 1.54) is 0 Å². The van der Waals surface area contributed by atoms with Gasteiger partial charge in [0.25, 0.3) is 0 Å². The third-order valence-electron chi connectivity index (χ3n) is 8.04. The second kappa shape index (κ2) is 27.9. The molecule has 59 heavy (non-hydrogen) atoms. The number of carbonyl (C=O) groups excluding carboxylic acids is 5. The first kappa shape index (κ1) is 51.4. The molecule has 0 fully saturated rings. The number of amides is 1. The topological polar surface area (TPSA) is 179 Å². The van der Waals surface area contributed by atoms with Crippen molar-refractivity contribution in [3.63, 3.8) is 0 Å². The molecule has 18 heteroatoms. The van der Waals surface area contributed by atoms with Crippen LogP contribution in [-0.4, -0.2) is 126 Å². The van der Waals surface area contributed by atoms with Gasteiger partial charge in [0.2, 0.25) is 0 Å². The average Bonchev–Trinajstić information content (AvgIpc) is 3.10. The van der Waals surface area contributed by atoms with Crippen molar-refractivity contribution in [1.29, 1.82) is 0 Å². The van der Waals surface area contributed by atoms with Gasteiger partial charge in [-0.15, -0.1) is 0 Å². The van der Waals surface area contributed by atoms with Crippen molar-refractivity contribution in [1.82, 2.24) is 30.0 Å². The van der Waals surface area contributed by atoms with Crippen LogP contribution in [0, 0.1) is 0 Å². The second-order valence-electron chi connectivity index (χ2n) is 14.6. The Balaban J connectivity index is 2.32. The van der Waals surface area contributed by atoms with E-state index in [1.807, 2.05) is 45.0 Å². The maximum absolute atomic E-state index is 12.4. The molecule has 2 aromatic rings. The van der Waals surface area contributed by atoms with Crippen molar-refractivity contribution >= 4 is 61.8 Å². The molecule has 0 aliphatic rings. The highest BCUT2D eigenvalue weighted by atomic mass is 79.9. The highest BCUT2D eigenvalue weighted by Gasteiger charge is 2.21. The molecule has 2 rings (SSSR count). The van der Waals surface area contributed by atoms with Crippen LogP contribution in [-0.2, 0) is 69.0 Å². The highest BCUT2D eigenvalue weighted by Crippen LogP contribution is 2.20. The molecular formula is C41H62Br2N6O10. The summed E-state index contributed by atoms with van der Waals surface area (Å²) in [5, 5.41) is 2.81. The summed E-state index contributed by atoms with van der Waals surface area (Å²) in [6.07, 6.45) is 3.03. The molecule has 1 amide bonds. The van der Waals surface area contributed by atoms with Crippen LogP contribution in [0.2, 0.25) is 0 Å². The molecule has 0 aromatic carbocycles. The van der Waals surface area contributed by atoms with Crippen LogP contribution >= 0.6 is 31.9 Å². The minimum Gasteiger partial charge on any atom is -0.465 e. The number of aromatic nitrogens is 2. The molecule has 16 nitrogen and oxygen atoms in total. The van der Waals surface area contributed by atoms with Crippen LogP contribution in [0.25, 0.3) is 0 Å². The number of unbranched alkanes of at least 4 members (excludes halogenated alkanes) is 3. The lowest BCUT2D eigenvalue weighted by Gasteiger charge is -2.24. The van der Waals surface area contributed by atoms with Crippen molar-refractivity contribution in [3.05, 3.63) is 56.0 Å². The zero-order valence-electron chi connectivity index (χ0n) is 35.6. The molecule has 2 aromatic heterocycles. The Bertz CT molecular complexity index is 1510. The lowest BCUT2D eigenvalue weighted by molar-refractivity contribution is -0.150. The van der Waals surface area contributed by atoms with E-state index in [0.717, 1.165) is 46.0 Å². The monoisotopic (exact) mass is 956 g/mol. The number of hydrogen-bond donors (Lipinski definition) is 1. The van der Waals surface area contributed by atoms with Gasteiger partial charge in [0.15, 0.2) is 0 Å². The lowest BCUT2D eigenvalue weighted by atomic mass is 10.1. The van der Waals surface area contributed by atoms with Gasteiger partial charge in [0, 0.05) is 41.7 Å². The zero-order valence-corrected chi connectivity index (χ0v) is 38.8. The third kappa shape index (κ3) is 23.6. The first-order valence-corrected chi connectivity index (χ1v) is 21.7. The van der Waals surface area contributed by atoms with Gasteiger partial charge in [-0.3, -0.25) is 43.8 Å². The molecule has 0 saturated heterocycles. The normalized spacial score (nSPS) is 11.5. The van der Waals surface area contributed by atoms with Gasteiger partial charge < -0.3 is 29.0 Å². The summed E-state index contributed by atoms with van der Waals surface area (Å²) < 4.78 is 27.5. The smallest absolute Gasteiger partial charge is 0.407 e. The number of alkyl carbamates (subject to hydrolysis) is 1. The van der Waals surface area contributed by atoms with E-state index in [-0.39, 0.29) is 65.7 Å². The van der Waals surface area contributed by atoms with Crippen LogP contribution in [0.3, 0.4) is 0 Å². The van der Waals surface area contributed by atoms with Crippen molar-refractivity contribution in [2.24, 2.45) is 0 Å². The van der Waals surface area contributed by atoms with E-state index in [4.69, 9.17) is 33.7 Å². The minimum absolute atomic E-state index is 0.108. The molecule has 0 atom stereocenters. The molecule has 0 unspecified atom stereocenters. The molecule has 0 bridgehead atoms. The van der Waals surface area contributed by atoms with Crippen molar-refractivity contribution in [3.8, 4) is 0 Å². The van der Waals surface area contributed by atoms with Crippen LogP contribution in [0.1, 0.15) is 96.9 Å². The molecule has 0 aliphatic heterocycles. The molecule has 330 valence electrons. The summed E-state index contributed by atoms with van der Waals surface area (Å²) in [6, 6.07) is 7.57. The molecule has 1 N–H and O–H groups in total. The van der Waals surface area contributed by atoms with E-state index < -0.39 is 35.6 Å². The van der Waals surface area contributed by atoms with Crippen molar-refractivity contribution in [2.45, 2.75) is 106 Å². The van der Waals surface area contributed by atoms with E-state index >= 15 is 0 Å². The highest BCUT2D eigenvalue weighted by molar-refractivity contribution is 9.10. The van der Waals surface area contributed by atoms with Crippen molar-refractivity contribution in [2.75, 3.05) is 65.7 Å². The predicted molar refractivity (Wildman–Crippen MR) is 228 cm³/mol. The summed E-state index contributed by atoms with van der Waals surface area (Å²) in [7, 11) is 0. The summed E-state index contributed by atoms with van der Waals surface area (Å²) in [5.41, 5.74) is 2.25. The first-order chi connectivity index (χ1) is 28.0. The fourth-order valence-electron chi connectivity index (χ4n) is 5.88. The van der Waals surface area contributed by atoms with Crippen LogP contribution in [0.4, 0.5) is 4.79 Å². The van der Waals surface area contributed by atoms with E-state index in [2.05, 4.69) is 42.1 Å². The number of ether oxygens (including phenoxy) is 5. The molecular weight excluding hydrogens is 896 g/mol. The Morgan fingerprint density at radius 2 is 0.898 bits per heavy atom. The van der Waals surface area contributed by atoms with Gasteiger partial charge in [-0.05, 0) is 92.1 Å². The minimum atomic E-state index is -0.559. The van der Waals surface area contributed by atoms with E-state index in [1.54, 1.807) is 37.5 Å². The average molecular weight is 959 g/mol. The van der Waals surface area contributed by atoms with Crippen LogP contribution in [0.5, 0.6) is 0 Å². The van der Waals surface area contributed by atoms with Gasteiger partial charge in [0.1, 0.15) is 5.60 Å². The maximum atomic E-state index is 12.4. The molecule has 0 saturated carbocycles. The predicted octanol–water partition coefficient (Wildman–Crippen LogP) is 5.95. The Kier molecular flexibility index (Phi) is 24.4. The second-order valence-corrected chi connectivity index (χ2v) is 16.4. The largest absolute Gasteiger partial charge is 0.465 e. The Morgan fingerprint density at radius 3 is 1.24 bits per heavy atom. The Labute approximate surface area is 365 Å². The number of esters is 4. The first-order valence-electron chi connectivity index (χ1n) is 20.1. The lowest BCUT2D eigenvalue weighted by Crippen LogP contribution is -2.36. The van der Waals surface area contributed by atoms with Crippen LogP contribution < -0.4 is 5.32 Å². The summed E-state index contributed by atoms with van der Waals surface area (Å²) in [5.74, 6) is -1.82. The van der Waals surface area contributed by atoms with Gasteiger partial charge >= 0.3 is 30.0 Å². The standard InChI is InChI=1S/C41H62Br2N6O10/c1-8-55-36(50)26-48(27-37(51)56-9-2)24-34-20-30(42)18-32(45-34)22-47(17-15-13-12-14-16-44-40(54)59-41(5,6)7)23-33-19-31(43)21-35(46-33)25-49(28-38(52)57-10-3)29-39(53)58-11-4/h18-21H,8-17,22-29H2,1-7H3,(H,44,54). The quantitative estimate of drug-likeness (QED) is 0.0631. The van der Waals surface area contributed by atoms with Gasteiger partial charge in [-0.1, -0.05) is 44.7 Å².